The molecule has 1 heterocycles. The molecule has 0 aliphatic rings. The lowest BCUT2D eigenvalue weighted by Crippen LogP contribution is -2.07. The van der Waals surface area contributed by atoms with Gasteiger partial charge in [0.15, 0.2) is 0 Å². The van der Waals surface area contributed by atoms with Crippen molar-refractivity contribution in [3.63, 3.8) is 0 Å². The summed E-state index contributed by atoms with van der Waals surface area (Å²) >= 11 is 5.98. The van der Waals surface area contributed by atoms with Crippen LogP contribution in [-0.4, -0.2) is 21.5 Å². The van der Waals surface area contributed by atoms with E-state index in [1.165, 1.54) is 6.07 Å². The second-order valence-corrected chi connectivity index (χ2v) is 6.67. The molecule has 0 aliphatic carbocycles. The van der Waals surface area contributed by atoms with E-state index in [0.29, 0.717) is 41.0 Å². The molecule has 26 heavy (non-hydrogen) atoms. The van der Waals surface area contributed by atoms with Crippen LogP contribution in [0.1, 0.15) is 28.8 Å². The molecule has 138 valence electrons. The van der Waals surface area contributed by atoms with E-state index >= 15 is 0 Å². The Labute approximate surface area is 154 Å². The van der Waals surface area contributed by atoms with Crippen LogP contribution < -0.4 is 0 Å². The maximum atomic E-state index is 13.1. The third kappa shape index (κ3) is 3.86. The van der Waals surface area contributed by atoms with Gasteiger partial charge in [-0.2, -0.15) is 18.3 Å². The molecule has 0 unspecified atom stereocenters. The normalized spacial score (nSPS) is 12.1. The van der Waals surface area contributed by atoms with Crippen LogP contribution in [-0.2, 0) is 19.1 Å². The number of aryl methyl sites for hydroxylation is 2. The number of hydrogen-bond donors (Lipinski definition) is 1. The van der Waals surface area contributed by atoms with Gasteiger partial charge in [-0.25, -0.2) is 0 Å². The van der Waals surface area contributed by atoms with Gasteiger partial charge in [0.05, 0.1) is 23.3 Å². The van der Waals surface area contributed by atoms with Gasteiger partial charge in [0.25, 0.3) is 0 Å². The van der Waals surface area contributed by atoms with Crippen molar-refractivity contribution in [1.82, 2.24) is 9.78 Å². The van der Waals surface area contributed by atoms with Gasteiger partial charge in [0.1, 0.15) is 0 Å². The van der Waals surface area contributed by atoms with Gasteiger partial charge in [0.2, 0.25) is 0 Å². The van der Waals surface area contributed by atoms with Gasteiger partial charge >= 0.3 is 6.18 Å². The molecule has 1 aromatic heterocycles. The first-order valence-corrected chi connectivity index (χ1v) is 8.60. The monoisotopic (exact) mass is 382 g/mol. The lowest BCUT2D eigenvalue weighted by Gasteiger charge is -2.10. The van der Waals surface area contributed by atoms with Crippen molar-refractivity contribution in [2.45, 2.75) is 32.5 Å². The summed E-state index contributed by atoms with van der Waals surface area (Å²) in [7, 11) is 0. The molecule has 0 aliphatic heterocycles. The lowest BCUT2D eigenvalue weighted by molar-refractivity contribution is -0.137. The number of alkyl halides is 3. The molecule has 0 saturated heterocycles. The second-order valence-electron chi connectivity index (χ2n) is 6.23. The van der Waals surface area contributed by atoms with Gasteiger partial charge in [-0.05, 0) is 55.2 Å². The first-order chi connectivity index (χ1) is 12.3. The average Bonchev–Trinajstić information content (AvgIpc) is 2.92. The Morgan fingerprint density at radius 2 is 1.92 bits per heavy atom. The fourth-order valence-corrected chi connectivity index (χ4v) is 3.20. The molecule has 2 aromatic carbocycles. The van der Waals surface area contributed by atoms with Crippen molar-refractivity contribution in [1.29, 1.82) is 0 Å². The molecule has 3 rings (SSSR count). The van der Waals surface area contributed by atoms with Gasteiger partial charge in [-0.1, -0.05) is 23.7 Å². The van der Waals surface area contributed by atoms with Gasteiger partial charge in [-0.3, -0.25) is 4.68 Å². The fraction of sp³-hybridized carbons (Fsp3) is 0.316. The maximum Gasteiger partial charge on any atom is 0.416 e. The van der Waals surface area contributed by atoms with Crippen LogP contribution in [0.3, 0.4) is 0 Å². The lowest BCUT2D eigenvalue weighted by atomic mass is 10.1. The summed E-state index contributed by atoms with van der Waals surface area (Å²) in [6.45, 7) is 2.26. The number of fused-ring (bicyclic) bond motifs is 1. The predicted octanol–water partition coefficient (Wildman–Crippen LogP) is 4.99. The highest BCUT2D eigenvalue weighted by Crippen LogP contribution is 2.33. The number of benzene rings is 2. The van der Waals surface area contributed by atoms with E-state index < -0.39 is 11.7 Å². The van der Waals surface area contributed by atoms with Crippen LogP contribution in [0.2, 0.25) is 5.02 Å². The van der Waals surface area contributed by atoms with E-state index in [0.717, 1.165) is 23.3 Å². The molecule has 3 aromatic rings. The summed E-state index contributed by atoms with van der Waals surface area (Å²) in [5, 5.41) is 14.9. The number of aromatic nitrogens is 2. The Kier molecular flexibility index (Phi) is 5.25. The van der Waals surface area contributed by atoms with E-state index in [-0.39, 0.29) is 6.61 Å². The zero-order chi connectivity index (χ0) is 18.9. The third-order valence-electron chi connectivity index (χ3n) is 4.35. The van der Waals surface area contributed by atoms with Gasteiger partial charge in [-0.15, -0.1) is 0 Å². The molecule has 7 heteroatoms. The maximum absolute atomic E-state index is 13.1. The van der Waals surface area contributed by atoms with Crippen molar-refractivity contribution < 1.29 is 18.3 Å². The zero-order valence-electron chi connectivity index (χ0n) is 14.1. The molecule has 0 amide bonds. The van der Waals surface area contributed by atoms with E-state index in [1.54, 1.807) is 10.7 Å². The van der Waals surface area contributed by atoms with Crippen molar-refractivity contribution in [3.05, 3.63) is 63.8 Å². The average molecular weight is 383 g/mol. The number of hydrogen-bond acceptors (Lipinski definition) is 2. The molecule has 0 fully saturated rings. The van der Waals surface area contributed by atoms with Crippen LogP contribution >= 0.6 is 11.6 Å². The first-order valence-electron chi connectivity index (χ1n) is 8.22. The highest BCUT2D eigenvalue weighted by atomic mass is 35.5. The third-order valence-corrected chi connectivity index (χ3v) is 4.59. The Bertz CT molecular complexity index is 934. The molecular formula is C19H18ClF3N2O. The summed E-state index contributed by atoms with van der Waals surface area (Å²) in [5.74, 6) is 0. The van der Waals surface area contributed by atoms with Gasteiger partial charge in [0, 0.05) is 17.0 Å². The topological polar surface area (TPSA) is 38.0 Å². The minimum absolute atomic E-state index is 0.00524. The molecule has 0 radical (unpaired) electrons. The quantitative estimate of drug-likeness (QED) is 0.675. The van der Waals surface area contributed by atoms with E-state index in [4.69, 9.17) is 16.7 Å². The van der Waals surface area contributed by atoms with E-state index in [9.17, 15) is 13.2 Å². The molecule has 0 atom stereocenters. The molecule has 1 N–H and O–H groups in total. The number of nitrogens with zero attached hydrogens (tertiary/aromatic N) is 2. The first kappa shape index (κ1) is 18.7. The number of aliphatic hydroxyl groups is 1. The minimum atomic E-state index is -4.41. The van der Waals surface area contributed by atoms with E-state index in [1.807, 2.05) is 19.1 Å². The van der Waals surface area contributed by atoms with Crippen LogP contribution in [0, 0.1) is 6.92 Å². The van der Waals surface area contributed by atoms with E-state index in [2.05, 4.69) is 5.10 Å². The number of halogens is 4. The summed E-state index contributed by atoms with van der Waals surface area (Å²) in [4.78, 5) is 0. The Hall–Kier alpha value is -2.05. The van der Waals surface area contributed by atoms with Gasteiger partial charge < -0.3 is 5.11 Å². The summed E-state index contributed by atoms with van der Waals surface area (Å²) < 4.78 is 40.9. The SMILES string of the molecule is Cc1cc(Cl)ccc1Cn1nc(CCCO)c2ccc(C(F)(F)F)cc21. The Morgan fingerprint density at radius 3 is 2.58 bits per heavy atom. The standard InChI is InChI=1S/C19H18ClF3N2O/c1-12-9-15(20)6-4-13(12)11-25-18-10-14(19(21,22)23)5-7-16(18)17(24-25)3-2-8-26/h4-7,9-10,26H,2-3,8,11H2,1H3. The highest BCUT2D eigenvalue weighted by Gasteiger charge is 2.31. The number of aliphatic hydroxyl groups excluding tert-OH is 1. The summed E-state index contributed by atoms with van der Waals surface area (Å²) in [6.07, 6.45) is -3.40. The minimum Gasteiger partial charge on any atom is -0.396 e. The van der Waals surface area contributed by atoms with Crippen LogP contribution in [0.4, 0.5) is 13.2 Å². The molecule has 0 spiro atoms. The van der Waals surface area contributed by atoms with Crippen molar-refractivity contribution in [2.75, 3.05) is 6.61 Å². The van der Waals surface area contributed by atoms with Crippen molar-refractivity contribution >= 4 is 22.5 Å². The summed E-state index contributed by atoms with van der Waals surface area (Å²) in [5.41, 5.74) is 2.30. The zero-order valence-corrected chi connectivity index (χ0v) is 14.9. The number of rotatable bonds is 5. The Morgan fingerprint density at radius 1 is 1.15 bits per heavy atom. The molecular weight excluding hydrogens is 365 g/mol. The molecule has 0 saturated carbocycles. The van der Waals surface area contributed by atoms with Crippen molar-refractivity contribution in [3.8, 4) is 0 Å². The predicted molar refractivity (Wildman–Crippen MR) is 95.4 cm³/mol. The largest absolute Gasteiger partial charge is 0.416 e. The smallest absolute Gasteiger partial charge is 0.396 e. The second kappa shape index (κ2) is 7.29. The summed E-state index contributed by atoms with van der Waals surface area (Å²) in [6, 6.07) is 9.09. The van der Waals surface area contributed by atoms with Crippen molar-refractivity contribution in [2.24, 2.45) is 0 Å². The fourth-order valence-electron chi connectivity index (χ4n) is 2.97. The van der Waals surface area contributed by atoms with Crippen LogP contribution in [0.15, 0.2) is 36.4 Å². The molecule has 0 bridgehead atoms. The molecule has 3 nitrogen and oxygen atoms in total. The van der Waals surface area contributed by atoms with Crippen LogP contribution in [0.5, 0.6) is 0 Å². The highest BCUT2D eigenvalue weighted by molar-refractivity contribution is 6.30. The van der Waals surface area contributed by atoms with Crippen LogP contribution in [0.25, 0.3) is 10.9 Å². The Balaban J connectivity index is 2.09.